The molecule has 0 bridgehead atoms. The van der Waals surface area contributed by atoms with Gasteiger partial charge < -0.3 is 14.9 Å². The molecule has 31 heavy (non-hydrogen) atoms. The van der Waals surface area contributed by atoms with Gasteiger partial charge in [0.05, 0.1) is 12.3 Å². The van der Waals surface area contributed by atoms with Crippen molar-refractivity contribution in [1.29, 1.82) is 0 Å². The van der Waals surface area contributed by atoms with Crippen LogP contribution in [0.1, 0.15) is 30.0 Å². The molecular weight excluding hydrogens is 400 g/mol. The number of fused-ring (bicyclic) bond motifs is 1. The largest absolute Gasteiger partial charge is 0.489 e. The monoisotopic (exact) mass is 424 g/mol. The summed E-state index contributed by atoms with van der Waals surface area (Å²) >= 11 is 0. The van der Waals surface area contributed by atoms with Gasteiger partial charge in [-0.15, -0.1) is 0 Å². The lowest BCUT2D eigenvalue weighted by Crippen LogP contribution is -2.54. The Kier molecular flexibility index (Phi) is 6.61. The van der Waals surface area contributed by atoms with Gasteiger partial charge in [-0.2, -0.15) is 0 Å². The lowest BCUT2D eigenvalue weighted by atomic mass is 9.79. The summed E-state index contributed by atoms with van der Waals surface area (Å²) in [6.45, 7) is 5.68. The van der Waals surface area contributed by atoms with E-state index in [2.05, 4.69) is 12.1 Å². The van der Waals surface area contributed by atoms with Crippen molar-refractivity contribution >= 4 is 17.8 Å². The molecule has 8 heteroatoms. The summed E-state index contributed by atoms with van der Waals surface area (Å²) in [5, 5.41) is 19.9. The highest BCUT2D eigenvalue weighted by Gasteiger charge is 2.51. The Hall–Kier alpha value is -3.78. The van der Waals surface area contributed by atoms with Crippen LogP contribution in [0, 0.1) is 0 Å². The van der Waals surface area contributed by atoms with E-state index in [1.54, 1.807) is 31.2 Å². The number of carbonyl (C=O) groups is 2. The molecule has 0 spiro atoms. The first-order valence-corrected chi connectivity index (χ1v) is 9.72. The molecule has 8 nitrogen and oxygen atoms in total. The number of amides is 1. The number of nitrogens with zero attached hydrogens (tertiary/aromatic N) is 1. The minimum absolute atomic E-state index is 0.0151. The zero-order valence-corrected chi connectivity index (χ0v) is 17.1. The molecule has 3 N–H and O–H groups in total. The van der Waals surface area contributed by atoms with Crippen molar-refractivity contribution in [3.63, 3.8) is 0 Å². The number of hydrogen-bond acceptors (Lipinski definition) is 5. The average molecular weight is 424 g/mol. The first kappa shape index (κ1) is 21.9. The van der Waals surface area contributed by atoms with E-state index in [4.69, 9.17) is 9.57 Å². The third-order valence-electron chi connectivity index (χ3n) is 5.10. The number of rotatable bonds is 9. The van der Waals surface area contributed by atoms with Gasteiger partial charge in [0.1, 0.15) is 12.4 Å². The molecule has 1 amide bonds. The number of carboxylic acids is 1. The molecule has 2 aromatic carbocycles. The van der Waals surface area contributed by atoms with E-state index in [9.17, 15) is 19.8 Å². The predicted molar refractivity (Wildman–Crippen MR) is 114 cm³/mol. The van der Waals surface area contributed by atoms with Crippen molar-refractivity contribution in [3.05, 3.63) is 84.1 Å². The Balaban J connectivity index is 2.07. The van der Waals surface area contributed by atoms with Crippen LogP contribution in [0.2, 0.25) is 0 Å². The van der Waals surface area contributed by atoms with Gasteiger partial charge in [-0.25, -0.2) is 9.59 Å². The normalized spacial score (nSPS) is 17.3. The van der Waals surface area contributed by atoms with Gasteiger partial charge in [0, 0.05) is 17.3 Å². The van der Waals surface area contributed by atoms with Crippen molar-refractivity contribution in [2.45, 2.75) is 25.5 Å². The van der Waals surface area contributed by atoms with Crippen molar-refractivity contribution < 1.29 is 29.4 Å². The minimum atomic E-state index is -1.81. The van der Waals surface area contributed by atoms with Crippen LogP contribution in [0.5, 0.6) is 5.75 Å². The molecule has 0 saturated heterocycles. The second kappa shape index (κ2) is 9.36. The van der Waals surface area contributed by atoms with Crippen molar-refractivity contribution in [1.82, 2.24) is 10.4 Å². The Morgan fingerprint density at radius 1 is 1.16 bits per heavy atom. The Bertz CT molecular complexity index is 1000. The smallest absolute Gasteiger partial charge is 0.412 e. The van der Waals surface area contributed by atoms with Crippen LogP contribution in [0.3, 0.4) is 0 Å². The quantitative estimate of drug-likeness (QED) is 0.413. The highest BCUT2D eigenvalue weighted by atomic mass is 16.6. The number of hydroxylamine groups is 1. The summed E-state index contributed by atoms with van der Waals surface area (Å²) in [7, 11) is 0. The molecule has 0 radical (unpaired) electrons. The summed E-state index contributed by atoms with van der Waals surface area (Å²) in [5.41, 5.74) is 2.89. The van der Waals surface area contributed by atoms with Gasteiger partial charge in [0.15, 0.2) is 5.54 Å². The van der Waals surface area contributed by atoms with Crippen molar-refractivity contribution in [3.8, 4) is 5.75 Å². The zero-order valence-electron chi connectivity index (χ0n) is 17.1. The summed E-state index contributed by atoms with van der Waals surface area (Å²) in [6.07, 6.45) is 1.42. The SMILES string of the molecule is C=CCOc1cccc2c1C(NOCc1ccccc1)=CN(C(=O)O)C2(CC)C(=O)O. The zero-order chi connectivity index (χ0) is 22.4. The van der Waals surface area contributed by atoms with E-state index in [0.29, 0.717) is 16.9 Å². The highest BCUT2D eigenvalue weighted by Crippen LogP contribution is 2.45. The minimum Gasteiger partial charge on any atom is -0.489 e. The fraction of sp³-hybridized carbons (Fsp3) is 0.217. The molecule has 2 aromatic rings. The summed E-state index contributed by atoms with van der Waals surface area (Å²) in [4.78, 5) is 30.8. The van der Waals surface area contributed by atoms with E-state index in [1.807, 2.05) is 30.3 Å². The summed E-state index contributed by atoms with van der Waals surface area (Å²) in [6, 6.07) is 14.3. The Labute approximate surface area is 180 Å². The molecule has 1 unspecified atom stereocenters. The first-order valence-electron chi connectivity index (χ1n) is 9.72. The number of nitrogens with one attached hydrogen (secondary N) is 1. The van der Waals surface area contributed by atoms with Gasteiger partial charge in [-0.1, -0.05) is 62.0 Å². The van der Waals surface area contributed by atoms with E-state index in [-0.39, 0.29) is 25.3 Å². The number of carboxylic acid groups (broad SMARTS) is 2. The molecule has 1 heterocycles. The number of ether oxygens (including phenoxy) is 1. The maximum absolute atomic E-state index is 12.4. The van der Waals surface area contributed by atoms with Gasteiger partial charge in [0.2, 0.25) is 0 Å². The third-order valence-corrected chi connectivity index (χ3v) is 5.10. The molecule has 3 rings (SSSR count). The summed E-state index contributed by atoms with van der Waals surface area (Å²) in [5.74, 6) is -0.886. The van der Waals surface area contributed by atoms with E-state index in [0.717, 1.165) is 10.5 Å². The lowest BCUT2D eigenvalue weighted by Gasteiger charge is -2.41. The molecular formula is C23H24N2O6. The van der Waals surface area contributed by atoms with Crippen LogP contribution in [-0.2, 0) is 21.8 Å². The third kappa shape index (κ3) is 4.10. The Morgan fingerprint density at radius 2 is 1.90 bits per heavy atom. The average Bonchev–Trinajstić information content (AvgIpc) is 2.77. The fourth-order valence-electron chi connectivity index (χ4n) is 3.65. The molecule has 0 saturated carbocycles. The van der Waals surface area contributed by atoms with Crippen LogP contribution in [0.4, 0.5) is 4.79 Å². The summed E-state index contributed by atoms with van der Waals surface area (Å²) < 4.78 is 5.75. The van der Waals surface area contributed by atoms with E-state index < -0.39 is 17.6 Å². The molecule has 0 fully saturated rings. The Morgan fingerprint density at radius 3 is 2.52 bits per heavy atom. The number of benzene rings is 2. The van der Waals surface area contributed by atoms with E-state index >= 15 is 0 Å². The molecule has 162 valence electrons. The van der Waals surface area contributed by atoms with E-state index in [1.165, 1.54) is 6.20 Å². The maximum Gasteiger partial charge on any atom is 0.412 e. The second-order valence-corrected chi connectivity index (χ2v) is 6.87. The van der Waals surface area contributed by atoms with Crippen LogP contribution >= 0.6 is 0 Å². The molecule has 1 aliphatic rings. The van der Waals surface area contributed by atoms with Crippen molar-refractivity contribution in [2.75, 3.05) is 6.61 Å². The van der Waals surface area contributed by atoms with Crippen LogP contribution in [-0.4, -0.2) is 33.8 Å². The second-order valence-electron chi connectivity index (χ2n) is 6.87. The highest BCUT2D eigenvalue weighted by molar-refractivity contribution is 5.92. The first-order chi connectivity index (χ1) is 15.0. The lowest BCUT2D eigenvalue weighted by molar-refractivity contribution is -0.150. The van der Waals surface area contributed by atoms with Crippen LogP contribution in [0.15, 0.2) is 67.4 Å². The molecule has 0 aromatic heterocycles. The van der Waals surface area contributed by atoms with Crippen molar-refractivity contribution in [2.24, 2.45) is 0 Å². The van der Waals surface area contributed by atoms with Gasteiger partial charge in [-0.3, -0.25) is 15.2 Å². The maximum atomic E-state index is 12.4. The van der Waals surface area contributed by atoms with Gasteiger partial charge >= 0.3 is 12.1 Å². The molecule has 1 atom stereocenters. The molecule has 0 aliphatic carbocycles. The number of hydrogen-bond donors (Lipinski definition) is 3. The number of aliphatic carboxylic acids is 1. The molecule has 1 aliphatic heterocycles. The predicted octanol–water partition coefficient (Wildman–Crippen LogP) is 3.95. The van der Waals surface area contributed by atoms with Crippen LogP contribution < -0.4 is 10.2 Å². The van der Waals surface area contributed by atoms with Gasteiger partial charge in [-0.05, 0) is 18.1 Å². The standard InChI is InChI=1S/C23H24N2O6/c1-3-13-30-19-12-8-11-17-20(19)18(24-31-15-16-9-6-5-7-10-16)14-25(22(28)29)23(17,4-2)21(26)27/h3,5-12,14,24H,1,4,13,15H2,2H3,(H,26,27)(H,28,29). The topological polar surface area (TPSA) is 108 Å². The van der Waals surface area contributed by atoms with Gasteiger partial charge in [0.25, 0.3) is 0 Å². The van der Waals surface area contributed by atoms with Crippen LogP contribution in [0.25, 0.3) is 5.70 Å². The fourth-order valence-corrected chi connectivity index (χ4v) is 3.65.